The first kappa shape index (κ1) is 37.4. The number of hydrogen-bond acceptors (Lipinski definition) is 10. The van der Waals surface area contributed by atoms with Crippen molar-refractivity contribution in [3.05, 3.63) is 94.0 Å². The molecule has 0 unspecified atom stereocenters. The van der Waals surface area contributed by atoms with E-state index in [4.69, 9.17) is 23.2 Å². The highest BCUT2D eigenvalue weighted by atomic mass is 35.5. The highest BCUT2D eigenvalue weighted by Gasteiger charge is 2.19. The van der Waals surface area contributed by atoms with E-state index in [-0.39, 0.29) is 34.0 Å². The maximum Gasteiger partial charge on any atom is 0.295 e. The second kappa shape index (κ2) is 15.3. The van der Waals surface area contributed by atoms with Crippen molar-refractivity contribution < 1.29 is 35.5 Å². The van der Waals surface area contributed by atoms with Gasteiger partial charge in [-0.3, -0.25) is 18.7 Å². The number of aromatic nitrogens is 4. The summed E-state index contributed by atoms with van der Waals surface area (Å²) in [5.74, 6) is -1.14. The summed E-state index contributed by atoms with van der Waals surface area (Å²) in [5, 5.41) is 7.11. The maximum absolute atomic E-state index is 12.6. The summed E-state index contributed by atoms with van der Waals surface area (Å²) in [6.45, 7) is 0. The van der Waals surface area contributed by atoms with Crippen LogP contribution < -0.4 is 10.6 Å². The third kappa shape index (κ3) is 9.33. The van der Waals surface area contributed by atoms with Gasteiger partial charge in [-0.25, -0.2) is 9.97 Å². The van der Waals surface area contributed by atoms with Crippen molar-refractivity contribution in [2.75, 3.05) is 22.1 Å². The number of hydrogen-bond donors (Lipinski definition) is 6. The minimum atomic E-state index is -4.83. The SMILES string of the molecule is O=C(CSc1nc2ccc(Cl)cc2[nH]1)Nc1ccc(/C=C/c2ccc(NC(=O)CSc3nc4ccc(Cl)cc4[nH]3)cc2S(=O)(=O)O)c(S(=O)(=O)O)c1. The van der Waals surface area contributed by atoms with E-state index in [1.165, 1.54) is 36.4 Å². The van der Waals surface area contributed by atoms with Gasteiger partial charge in [-0.2, -0.15) is 16.8 Å². The van der Waals surface area contributed by atoms with E-state index >= 15 is 0 Å². The number of nitrogens with one attached hydrogen (secondary N) is 4. The molecule has 6 N–H and O–H groups in total. The number of carbonyl (C=O) groups is 2. The molecular formula is C32H24Cl2N6O8S4. The molecule has 0 aliphatic heterocycles. The molecule has 0 saturated carbocycles. The van der Waals surface area contributed by atoms with Gasteiger partial charge in [0.15, 0.2) is 10.3 Å². The smallest absolute Gasteiger partial charge is 0.295 e. The second-order valence-corrected chi connectivity index (χ2v) is 16.5. The van der Waals surface area contributed by atoms with E-state index in [0.29, 0.717) is 42.4 Å². The fourth-order valence-electron chi connectivity index (χ4n) is 4.84. The molecule has 4 aromatic carbocycles. The summed E-state index contributed by atoms with van der Waals surface area (Å²) < 4.78 is 69.1. The molecule has 2 heterocycles. The van der Waals surface area contributed by atoms with Crippen LogP contribution in [0.5, 0.6) is 0 Å². The number of carbonyl (C=O) groups excluding carboxylic acids is 2. The number of H-pyrrole nitrogens is 2. The van der Waals surface area contributed by atoms with E-state index in [2.05, 4.69) is 30.6 Å². The van der Waals surface area contributed by atoms with E-state index in [9.17, 15) is 35.5 Å². The molecule has 0 aliphatic rings. The average Bonchev–Trinajstić information content (AvgIpc) is 3.68. The van der Waals surface area contributed by atoms with Crippen LogP contribution in [0.1, 0.15) is 11.1 Å². The van der Waals surface area contributed by atoms with Gasteiger partial charge in [-0.15, -0.1) is 0 Å². The van der Waals surface area contributed by atoms with Gasteiger partial charge in [-0.05, 0) is 71.8 Å². The number of aromatic amines is 2. The van der Waals surface area contributed by atoms with E-state index in [1.807, 2.05) is 0 Å². The predicted molar refractivity (Wildman–Crippen MR) is 202 cm³/mol. The first-order chi connectivity index (χ1) is 24.6. The number of thioether (sulfide) groups is 2. The van der Waals surface area contributed by atoms with Crippen molar-refractivity contribution in [3.8, 4) is 0 Å². The molecule has 2 aromatic heterocycles. The predicted octanol–water partition coefficient (Wildman–Crippen LogP) is 6.87. The zero-order valence-corrected chi connectivity index (χ0v) is 30.9. The largest absolute Gasteiger partial charge is 0.333 e. The lowest BCUT2D eigenvalue weighted by atomic mass is 10.1. The average molecular weight is 820 g/mol. The van der Waals surface area contributed by atoms with Crippen LogP contribution in [0.15, 0.2) is 92.9 Å². The van der Waals surface area contributed by atoms with Crippen molar-refractivity contribution in [1.29, 1.82) is 0 Å². The van der Waals surface area contributed by atoms with Crippen molar-refractivity contribution in [2.45, 2.75) is 20.1 Å². The molecule has 0 saturated heterocycles. The zero-order valence-electron chi connectivity index (χ0n) is 26.1. The normalized spacial score (nSPS) is 12.2. The fourth-order valence-corrected chi connectivity index (χ4v) is 7.98. The Balaban J connectivity index is 1.13. The van der Waals surface area contributed by atoms with Gasteiger partial charge in [0.2, 0.25) is 11.8 Å². The summed E-state index contributed by atoms with van der Waals surface area (Å²) >= 11 is 14.2. The van der Waals surface area contributed by atoms with E-state index in [0.717, 1.165) is 35.7 Å². The molecule has 0 radical (unpaired) electrons. The Hall–Kier alpha value is -4.40. The van der Waals surface area contributed by atoms with Crippen LogP contribution in [0.4, 0.5) is 11.4 Å². The summed E-state index contributed by atoms with van der Waals surface area (Å²) in [6, 6.07) is 17.7. The van der Waals surface area contributed by atoms with Crippen molar-refractivity contribution in [1.82, 2.24) is 19.9 Å². The molecule has 0 atom stereocenters. The van der Waals surface area contributed by atoms with Crippen LogP contribution in [-0.2, 0) is 29.8 Å². The molecule has 0 bridgehead atoms. The molecule has 6 rings (SSSR count). The maximum atomic E-state index is 12.6. The Kier molecular flexibility index (Phi) is 11.0. The van der Waals surface area contributed by atoms with Crippen LogP contribution in [-0.4, -0.2) is 69.2 Å². The molecule has 52 heavy (non-hydrogen) atoms. The van der Waals surface area contributed by atoms with Crippen molar-refractivity contribution in [3.63, 3.8) is 0 Å². The highest BCUT2D eigenvalue weighted by molar-refractivity contribution is 8.00. The number of rotatable bonds is 12. The number of fused-ring (bicyclic) bond motifs is 2. The number of halogens is 2. The summed E-state index contributed by atoms with van der Waals surface area (Å²) in [7, 11) is -9.65. The monoisotopic (exact) mass is 818 g/mol. The Morgan fingerprint density at radius 2 is 1.06 bits per heavy atom. The van der Waals surface area contributed by atoms with Gasteiger partial charge >= 0.3 is 0 Å². The number of imidazole rings is 2. The third-order valence-corrected chi connectivity index (χ3v) is 11.2. The van der Waals surface area contributed by atoms with Gasteiger partial charge in [0.1, 0.15) is 9.79 Å². The zero-order chi connectivity index (χ0) is 37.2. The van der Waals surface area contributed by atoms with Crippen LogP contribution >= 0.6 is 46.7 Å². The Morgan fingerprint density at radius 3 is 1.44 bits per heavy atom. The second-order valence-electron chi connectivity index (χ2n) is 10.9. The Labute approximate surface area is 314 Å². The first-order valence-electron chi connectivity index (χ1n) is 14.7. The fraction of sp³-hybridized carbons (Fsp3) is 0.0625. The lowest BCUT2D eigenvalue weighted by Crippen LogP contribution is -2.15. The van der Waals surface area contributed by atoms with Crippen LogP contribution in [0.25, 0.3) is 34.2 Å². The third-order valence-electron chi connectivity index (χ3n) is 7.12. The number of nitrogens with zero attached hydrogens (tertiary/aromatic N) is 2. The minimum Gasteiger partial charge on any atom is -0.333 e. The van der Waals surface area contributed by atoms with Crippen LogP contribution in [0.2, 0.25) is 10.0 Å². The van der Waals surface area contributed by atoms with Crippen molar-refractivity contribution in [2.24, 2.45) is 0 Å². The topological polar surface area (TPSA) is 224 Å². The lowest BCUT2D eigenvalue weighted by Gasteiger charge is -2.10. The molecule has 0 spiro atoms. The molecule has 14 nitrogen and oxygen atoms in total. The molecule has 2 amide bonds. The Bertz CT molecular complexity index is 2450. The summed E-state index contributed by atoms with van der Waals surface area (Å²) in [4.78, 5) is 39.0. The lowest BCUT2D eigenvalue weighted by molar-refractivity contribution is -0.114. The number of anilines is 2. The van der Waals surface area contributed by atoms with E-state index in [1.54, 1.807) is 36.4 Å². The van der Waals surface area contributed by atoms with Crippen molar-refractivity contribution >= 4 is 124 Å². The molecule has 268 valence electrons. The van der Waals surface area contributed by atoms with Gasteiger partial charge < -0.3 is 20.6 Å². The standard InChI is InChI=1S/C32H24Cl2N6O8S4/c33-19-5-9-23-25(11-19)39-31(37-23)49-15-29(41)35-21-7-3-17(27(13-21)51(43,44)45)1-2-18-4-8-22(14-28(18)52(46,47)48)36-30(42)16-50-32-38-24-10-6-20(34)12-26(24)40-32/h1-14H,15-16H2,(H,35,41)(H,36,42)(H,37,39)(H,38,40)(H,43,44,45)(H,46,47,48)/b2-1+. The van der Waals surface area contributed by atoms with E-state index < -0.39 is 41.8 Å². The van der Waals surface area contributed by atoms with Gasteiger partial charge in [0.05, 0.1) is 33.6 Å². The van der Waals surface area contributed by atoms with Crippen LogP contribution in [0, 0.1) is 0 Å². The quantitative estimate of drug-likeness (QED) is 0.0423. The number of benzene rings is 4. The Morgan fingerprint density at radius 1 is 0.654 bits per heavy atom. The van der Waals surface area contributed by atoms with Gasteiger partial charge in [0.25, 0.3) is 20.2 Å². The molecule has 6 aromatic rings. The minimum absolute atomic E-state index is 0.0561. The summed E-state index contributed by atoms with van der Waals surface area (Å²) in [6.07, 6.45) is 2.41. The first-order valence-corrected chi connectivity index (χ1v) is 20.3. The summed E-state index contributed by atoms with van der Waals surface area (Å²) in [5.41, 5.74) is 2.73. The van der Waals surface area contributed by atoms with Gasteiger partial charge in [-0.1, -0.05) is 71.0 Å². The molecule has 0 fully saturated rings. The number of amides is 2. The molecule has 20 heteroatoms. The van der Waals surface area contributed by atoms with Gasteiger partial charge in [0, 0.05) is 21.4 Å². The van der Waals surface area contributed by atoms with Crippen LogP contribution in [0.3, 0.4) is 0 Å². The highest BCUT2D eigenvalue weighted by Crippen LogP contribution is 2.28. The molecule has 0 aliphatic carbocycles. The molecular weight excluding hydrogens is 796 g/mol.